The molecular weight excluding hydrogens is 674 g/mol. The van der Waals surface area contributed by atoms with E-state index in [0.29, 0.717) is 49.0 Å². The first kappa shape index (κ1) is 50.5. The molecule has 12 nitrogen and oxygen atoms in total. The molecule has 318 valence electrons. The predicted octanol–water partition coefficient (Wildman–Crippen LogP) is 3.91. The summed E-state index contributed by atoms with van der Waals surface area (Å²) >= 11 is 0. The normalized spacial score (nSPS) is 27.0. The second kappa shape index (κ2) is 29.7. The maximum atomic E-state index is 8.99. The minimum absolute atomic E-state index is 0.0335. The first-order chi connectivity index (χ1) is 25.3. The quantitative estimate of drug-likeness (QED) is 0.357. The van der Waals surface area contributed by atoms with Crippen LogP contribution in [0.4, 0.5) is 0 Å². The topological polar surface area (TPSA) is 103 Å². The van der Waals surface area contributed by atoms with E-state index in [1.54, 1.807) is 0 Å². The maximum absolute atomic E-state index is 8.99. The van der Waals surface area contributed by atoms with E-state index in [4.69, 9.17) is 33.9 Å². The Morgan fingerprint density at radius 2 is 0.868 bits per heavy atom. The smallest absolute Gasteiger partial charge is 0.0932 e. The van der Waals surface area contributed by atoms with E-state index in [0.717, 1.165) is 105 Å². The van der Waals surface area contributed by atoms with Gasteiger partial charge in [0.15, 0.2) is 0 Å². The third-order valence-electron chi connectivity index (χ3n) is 10.8. The number of rotatable bonds is 9. The van der Waals surface area contributed by atoms with Crippen LogP contribution >= 0.6 is 0 Å². The Labute approximate surface area is 326 Å². The lowest BCUT2D eigenvalue weighted by molar-refractivity contribution is -0.0608. The van der Waals surface area contributed by atoms with Gasteiger partial charge in [0.25, 0.3) is 0 Å². The molecule has 0 spiro atoms. The van der Waals surface area contributed by atoms with Crippen LogP contribution in [0.25, 0.3) is 0 Å². The fourth-order valence-electron chi connectivity index (χ4n) is 7.08. The minimum atomic E-state index is 0.0335. The van der Waals surface area contributed by atoms with Crippen LogP contribution in [0.5, 0.6) is 0 Å². The standard InChI is InChI=1S/2C9H19NO.2C8H17NO2.C7H15NO/c1-4-9-7-11-6-5-10(9)8(2)3;1-4-9-7-10(8(2)3)5-6-11-9;1-7(2)9-3-4-11-6-8(9)5-10;1-7(2)9-3-4-11-8(5-9)6-10;1-7(2)8-3-5-9-6-4-8/h2*8-9H,4-7H2,1-3H3;2*7-8,10H,3-6H2,1-2H3;7H,3-6H2,1-2H3/t2*9-;2*8-;/m0111./s1. The Morgan fingerprint density at radius 3 is 1.23 bits per heavy atom. The van der Waals surface area contributed by atoms with E-state index in [2.05, 4.69) is 108 Å². The van der Waals surface area contributed by atoms with Crippen LogP contribution < -0.4 is 0 Å². The molecule has 0 aliphatic carbocycles. The zero-order chi connectivity index (χ0) is 39.8. The molecule has 0 aromatic carbocycles. The van der Waals surface area contributed by atoms with Crippen molar-refractivity contribution in [2.24, 2.45) is 0 Å². The second-order valence-corrected chi connectivity index (χ2v) is 16.2. The summed E-state index contributed by atoms with van der Waals surface area (Å²) in [6.07, 6.45) is 2.86. The van der Waals surface area contributed by atoms with Crippen LogP contribution in [0.1, 0.15) is 95.9 Å². The molecule has 0 radical (unpaired) electrons. The number of ether oxygens (including phenoxy) is 5. The highest BCUT2D eigenvalue weighted by atomic mass is 16.5. The lowest BCUT2D eigenvalue weighted by atomic mass is 10.1. The summed E-state index contributed by atoms with van der Waals surface area (Å²) in [5, 5.41) is 17.8. The van der Waals surface area contributed by atoms with Gasteiger partial charge in [0.1, 0.15) is 0 Å². The van der Waals surface area contributed by atoms with Crippen LogP contribution in [-0.2, 0) is 23.7 Å². The lowest BCUT2D eigenvalue weighted by Gasteiger charge is -2.37. The Kier molecular flexibility index (Phi) is 28.3. The van der Waals surface area contributed by atoms with Gasteiger partial charge < -0.3 is 33.9 Å². The molecule has 5 saturated heterocycles. The monoisotopic (exact) mass is 762 g/mol. The average molecular weight is 762 g/mol. The highest BCUT2D eigenvalue weighted by molar-refractivity contribution is 4.78. The molecule has 4 atom stereocenters. The molecule has 0 saturated carbocycles. The van der Waals surface area contributed by atoms with Crippen LogP contribution in [0.15, 0.2) is 0 Å². The summed E-state index contributed by atoms with van der Waals surface area (Å²) in [5.74, 6) is 0. The fourth-order valence-corrected chi connectivity index (χ4v) is 7.08. The van der Waals surface area contributed by atoms with Gasteiger partial charge in [0.05, 0.1) is 84.3 Å². The summed E-state index contributed by atoms with van der Waals surface area (Å²) < 4.78 is 26.8. The van der Waals surface area contributed by atoms with Crippen molar-refractivity contribution in [3.8, 4) is 0 Å². The number of nitrogens with zero attached hydrogens (tertiary/aromatic N) is 5. The average Bonchev–Trinajstić information content (AvgIpc) is 3.19. The molecule has 12 heteroatoms. The molecule has 0 aromatic heterocycles. The van der Waals surface area contributed by atoms with E-state index >= 15 is 0 Å². The fraction of sp³-hybridized carbons (Fsp3) is 1.00. The molecule has 5 aliphatic rings. The number of morpholine rings is 5. The number of aliphatic hydroxyl groups is 2. The SMILES string of the molecule is CC(C)N1CCOCC1.CC(C)N1CCOC[C@H]1CO.CC(C)N1CCO[C@@H](CO)C1.CC[C@@H]1CN(C(C)C)CCO1.CC[C@H]1COCCN1C(C)C. The molecule has 5 aliphatic heterocycles. The zero-order valence-corrected chi connectivity index (χ0v) is 36.5. The van der Waals surface area contributed by atoms with Crippen molar-refractivity contribution in [3.05, 3.63) is 0 Å². The molecule has 5 rings (SSSR count). The van der Waals surface area contributed by atoms with Crippen LogP contribution in [-0.4, -0.2) is 208 Å². The van der Waals surface area contributed by atoms with E-state index in [-0.39, 0.29) is 25.4 Å². The maximum Gasteiger partial charge on any atom is 0.0932 e. The van der Waals surface area contributed by atoms with Crippen molar-refractivity contribution in [1.29, 1.82) is 0 Å². The summed E-state index contributed by atoms with van der Waals surface area (Å²) in [4.78, 5) is 12.1. The highest BCUT2D eigenvalue weighted by Crippen LogP contribution is 2.14. The van der Waals surface area contributed by atoms with Gasteiger partial charge in [-0.25, -0.2) is 0 Å². The van der Waals surface area contributed by atoms with Gasteiger partial charge in [-0.2, -0.15) is 0 Å². The Morgan fingerprint density at radius 1 is 0.453 bits per heavy atom. The Balaban J connectivity index is 0.000000332. The first-order valence-corrected chi connectivity index (χ1v) is 21.2. The highest BCUT2D eigenvalue weighted by Gasteiger charge is 2.25. The van der Waals surface area contributed by atoms with Crippen LogP contribution in [0, 0.1) is 0 Å². The summed E-state index contributed by atoms with van der Waals surface area (Å²) in [6.45, 7) is 42.0. The van der Waals surface area contributed by atoms with Gasteiger partial charge in [-0.15, -0.1) is 0 Å². The molecule has 2 N–H and O–H groups in total. The van der Waals surface area contributed by atoms with Gasteiger partial charge in [-0.1, -0.05) is 13.8 Å². The molecule has 53 heavy (non-hydrogen) atoms. The predicted molar refractivity (Wildman–Crippen MR) is 218 cm³/mol. The zero-order valence-electron chi connectivity index (χ0n) is 36.5. The molecule has 0 aromatic rings. The van der Waals surface area contributed by atoms with Gasteiger partial charge in [0, 0.05) is 88.6 Å². The molecular formula is C41H87N5O7. The number of hydrogen-bond acceptors (Lipinski definition) is 12. The largest absolute Gasteiger partial charge is 0.395 e. The summed E-state index contributed by atoms with van der Waals surface area (Å²) in [6, 6.07) is 3.97. The van der Waals surface area contributed by atoms with Crippen molar-refractivity contribution in [2.45, 2.75) is 150 Å². The van der Waals surface area contributed by atoms with E-state index in [1.165, 1.54) is 6.42 Å². The lowest BCUT2D eigenvalue weighted by Crippen LogP contribution is -2.50. The van der Waals surface area contributed by atoms with Gasteiger partial charge in [0.2, 0.25) is 0 Å². The minimum Gasteiger partial charge on any atom is -0.395 e. The molecule has 0 amide bonds. The summed E-state index contributed by atoms with van der Waals surface area (Å²) in [7, 11) is 0. The van der Waals surface area contributed by atoms with E-state index in [1.807, 2.05) is 0 Å². The van der Waals surface area contributed by atoms with Crippen LogP contribution in [0.2, 0.25) is 0 Å². The third-order valence-corrected chi connectivity index (χ3v) is 10.8. The Hall–Kier alpha value is -0.480. The number of hydrogen-bond donors (Lipinski definition) is 2. The second-order valence-electron chi connectivity index (χ2n) is 16.2. The van der Waals surface area contributed by atoms with Crippen molar-refractivity contribution < 1.29 is 33.9 Å². The molecule has 5 fully saturated rings. The third kappa shape index (κ3) is 21.0. The van der Waals surface area contributed by atoms with Crippen LogP contribution in [0.3, 0.4) is 0 Å². The van der Waals surface area contributed by atoms with E-state index in [9.17, 15) is 0 Å². The molecule has 5 heterocycles. The van der Waals surface area contributed by atoms with Crippen molar-refractivity contribution in [2.75, 3.05) is 118 Å². The molecule has 0 bridgehead atoms. The Bertz CT molecular complexity index is 794. The summed E-state index contributed by atoms with van der Waals surface area (Å²) in [5.41, 5.74) is 0. The first-order valence-electron chi connectivity index (χ1n) is 21.2. The van der Waals surface area contributed by atoms with E-state index < -0.39 is 0 Å². The van der Waals surface area contributed by atoms with Gasteiger partial charge >= 0.3 is 0 Å². The molecule has 0 unspecified atom stereocenters. The van der Waals surface area contributed by atoms with Gasteiger partial charge in [-0.3, -0.25) is 24.5 Å². The van der Waals surface area contributed by atoms with Crippen molar-refractivity contribution in [1.82, 2.24) is 24.5 Å². The van der Waals surface area contributed by atoms with Crippen molar-refractivity contribution in [3.63, 3.8) is 0 Å². The number of aliphatic hydroxyl groups excluding tert-OH is 2. The van der Waals surface area contributed by atoms with Crippen molar-refractivity contribution >= 4 is 0 Å². The van der Waals surface area contributed by atoms with Gasteiger partial charge in [-0.05, 0) is 82.1 Å².